The number of nitrogens with one attached hydrogen (secondary N) is 2. The number of aryl methyl sites for hydroxylation is 2. The summed E-state index contributed by atoms with van der Waals surface area (Å²) in [5.41, 5.74) is 1.05. The molecule has 2 N–H and O–H groups in total. The average Bonchev–Trinajstić information content (AvgIpc) is 2.97. The topological polar surface area (TPSA) is 58.5 Å². The third-order valence-electron chi connectivity index (χ3n) is 3.31. The number of thiazole rings is 1. The zero-order valence-corrected chi connectivity index (χ0v) is 18.5. The van der Waals surface area contributed by atoms with E-state index >= 15 is 0 Å². The normalized spacial score (nSPS) is 11.0. The van der Waals surface area contributed by atoms with E-state index in [1.165, 1.54) is 4.88 Å². The number of halogens is 2. The molecule has 1 aromatic heterocycles. The van der Waals surface area contributed by atoms with Gasteiger partial charge >= 0.3 is 0 Å². The molecule has 1 heterocycles. The Labute approximate surface area is 175 Å². The molecule has 0 unspecified atom stereocenters. The zero-order chi connectivity index (χ0) is 17.4. The minimum Gasteiger partial charge on any atom is -0.493 e. The van der Waals surface area contributed by atoms with Crippen molar-refractivity contribution in [1.82, 2.24) is 15.6 Å². The summed E-state index contributed by atoms with van der Waals surface area (Å²) in [6.45, 7) is 6.14. The molecule has 0 saturated heterocycles. The maximum Gasteiger partial charge on any atom is 0.191 e. The summed E-state index contributed by atoms with van der Waals surface area (Å²) >= 11 is 7.62. The molecule has 0 fully saturated rings. The van der Waals surface area contributed by atoms with E-state index in [2.05, 4.69) is 27.5 Å². The van der Waals surface area contributed by atoms with Crippen LogP contribution in [0.3, 0.4) is 0 Å². The summed E-state index contributed by atoms with van der Waals surface area (Å²) in [7, 11) is 1.76. The van der Waals surface area contributed by atoms with Gasteiger partial charge in [-0.2, -0.15) is 0 Å². The van der Waals surface area contributed by atoms with E-state index in [0.29, 0.717) is 13.2 Å². The molecule has 0 aliphatic rings. The number of ether oxygens (including phenoxy) is 1. The van der Waals surface area contributed by atoms with Gasteiger partial charge in [-0.05, 0) is 44.0 Å². The third-order valence-corrected chi connectivity index (χ3v) is 4.46. The quantitative estimate of drug-likeness (QED) is 0.263. The lowest BCUT2D eigenvalue weighted by atomic mass is 10.2. The van der Waals surface area contributed by atoms with Crippen LogP contribution in [0.5, 0.6) is 5.75 Å². The van der Waals surface area contributed by atoms with Gasteiger partial charge < -0.3 is 15.4 Å². The van der Waals surface area contributed by atoms with Gasteiger partial charge in [0.05, 0.1) is 13.2 Å². The Hall–Kier alpha value is -1.06. The number of rotatable bonds is 7. The largest absolute Gasteiger partial charge is 0.493 e. The number of hydrogen-bond donors (Lipinski definition) is 2. The van der Waals surface area contributed by atoms with Gasteiger partial charge in [-0.3, -0.25) is 4.99 Å². The van der Waals surface area contributed by atoms with E-state index in [9.17, 15) is 0 Å². The van der Waals surface area contributed by atoms with Crippen molar-refractivity contribution < 1.29 is 4.74 Å². The molecule has 0 spiro atoms. The Morgan fingerprint density at radius 3 is 2.76 bits per heavy atom. The van der Waals surface area contributed by atoms with Crippen LogP contribution in [0.25, 0.3) is 0 Å². The van der Waals surface area contributed by atoms with Crippen LogP contribution in [-0.4, -0.2) is 31.1 Å². The Morgan fingerprint density at radius 2 is 2.12 bits per heavy atom. The van der Waals surface area contributed by atoms with E-state index in [1.807, 2.05) is 31.3 Å². The lowest BCUT2D eigenvalue weighted by molar-refractivity contribution is 0.309. The van der Waals surface area contributed by atoms with Crippen LogP contribution < -0.4 is 15.4 Å². The number of guanidine groups is 1. The maximum atomic E-state index is 5.94. The molecule has 0 aliphatic carbocycles. The van der Waals surface area contributed by atoms with Gasteiger partial charge in [0.1, 0.15) is 10.8 Å². The second-order valence-corrected chi connectivity index (χ2v) is 7.08. The van der Waals surface area contributed by atoms with Crippen molar-refractivity contribution in [3.05, 3.63) is 44.9 Å². The van der Waals surface area contributed by atoms with Gasteiger partial charge in [0.15, 0.2) is 5.96 Å². The highest BCUT2D eigenvalue weighted by atomic mass is 127. The summed E-state index contributed by atoms with van der Waals surface area (Å²) in [6, 6.07) is 5.65. The number of benzene rings is 1. The average molecular weight is 495 g/mol. The minimum absolute atomic E-state index is 0. The van der Waals surface area contributed by atoms with Crippen molar-refractivity contribution in [3.63, 3.8) is 0 Å². The molecule has 0 radical (unpaired) electrons. The molecule has 0 amide bonds. The second kappa shape index (κ2) is 11.5. The first-order chi connectivity index (χ1) is 11.6. The van der Waals surface area contributed by atoms with Gasteiger partial charge in [0.25, 0.3) is 0 Å². The smallest absolute Gasteiger partial charge is 0.191 e. The molecule has 5 nitrogen and oxygen atoms in total. The Bertz CT molecular complexity index is 693. The number of hydrogen-bond acceptors (Lipinski definition) is 4. The van der Waals surface area contributed by atoms with Gasteiger partial charge in [0.2, 0.25) is 0 Å². The monoisotopic (exact) mass is 494 g/mol. The molecule has 0 saturated carbocycles. The SMILES string of the molecule is CN=C(NCCCOc1ccc(Cl)cc1C)NCc1ncc(C)s1.I. The Morgan fingerprint density at radius 1 is 1.32 bits per heavy atom. The summed E-state index contributed by atoms with van der Waals surface area (Å²) < 4.78 is 5.77. The fourth-order valence-electron chi connectivity index (χ4n) is 2.10. The van der Waals surface area contributed by atoms with E-state index in [4.69, 9.17) is 16.3 Å². The first-order valence-electron chi connectivity index (χ1n) is 7.83. The molecule has 2 aromatic rings. The molecule has 25 heavy (non-hydrogen) atoms. The summed E-state index contributed by atoms with van der Waals surface area (Å²) in [5, 5.41) is 8.31. The van der Waals surface area contributed by atoms with E-state index in [-0.39, 0.29) is 24.0 Å². The highest BCUT2D eigenvalue weighted by molar-refractivity contribution is 14.0. The fourth-order valence-corrected chi connectivity index (χ4v) is 3.05. The molecule has 1 aromatic carbocycles. The highest BCUT2D eigenvalue weighted by Crippen LogP contribution is 2.21. The van der Waals surface area contributed by atoms with Gasteiger partial charge in [-0.15, -0.1) is 35.3 Å². The molecule has 2 rings (SSSR count). The predicted molar refractivity (Wildman–Crippen MR) is 117 cm³/mol. The first kappa shape index (κ1) is 22.0. The van der Waals surface area contributed by atoms with Crippen molar-refractivity contribution in [2.24, 2.45) is 4.99 Å². The van der Waals surface area contributed by atoms with Crippen molar-refractivity contribution in [3.8, 4) is 5.75 Å². The zero-order valence-electron chi connectivity index (χ0n) is 14.6. The van der Waals surface area contributed by atoms with E-state index in [1.54, 1.807) is 18.4 Å². The molecule has 138 valence electrons. The van der Waals surface area contributed by atoms with Crippen molar-refractivity contribution in [2.75, 3.05) is 20.2 Å². The number of nitrogens with zero attached hydrogens (tertiary/aromatic N) is 2. The van der Waals surface area contributed by atoms with Gasteiger partial charge in [0, 0.05) is 29.7 Å². The van der Waals surface area contributed by atoms with E-state index < -0.39 is 0 Å². The maximum absolute atomic E-state index is 5.94. The van der Waals surface area contributed by atoms with Crippen molar-refractivity contribution in [1.29, 1.82) is 0 Å². The third kappa shape index (κ3) is 7.79. The van der Waals surface area contributed by atoms with Crippen LogP contribution >= 0.6 is 46.9 Å². The first-order valence-corrected chi connectivity index (χ1v) is 9.02. The molecule has 0 atom stereocenters. The predicted octanol–water partition coefficient (Wildman–Crippen LogP) is 4.17. The summed E-state index contributed by atoms with van der Waals surface area (Å²) in [6.07, 6.45) is 2.76. The van der Waals surface area contributed by atoms with Crippen LogP contribution in [0, 0.1) is 13.8 Å². The van der Waals surface area contributed by atoms with E-state index in [0.717, 1.165) is 40.3 Å². The van der Waals surface area contributed by atoms with Crippen molar-refractivity contribution in [2.45, 2.75) is 26.8 Å². The molecule has 0 aliphatic heterocycles. The standard InChI is InChI=1S/C17H23ClN4OS.HI/c1-12-9-14(18)5-6-15(12)23-8-4-7-20-17(19-3)22-11-16-21-10-13(2)24-16;/h5-6,9-10H,4,7-8,11H2,1-3H3,(H2,19,20,22);1H. The summed E-state index contributed by atoms with van der Waals surface area (Å²) in [4.78, 5) is 9.74. The number of aliphatic imine (C=N–C) groups is 1. The molecule has 0 bridgehead atoms. The lowest BCUT2D eigenvalue weighted by Crippen LogP contribution is -2.37. The highest BCUT2D eigenvalue weighted by Gasteiger charge is 2.02. The van der Waals surface area contributed by atoms with Crippen molar-refractivity contribution >= 4 is 52.9 Å². The molecular weight excluding hydrogens is 471 g/mol. The Kier molecular flexibility index (Phi) is 10.1. The van der Waals surface area contributed by atoms with Gasteiger partial charge in [-0.1, -0.05) is 11.6 Å². The van der Waals surface area contributed by atoms with Crippen LogP contribution in [0.15, 0.2) is 29.4 Å². The second-order valence-electron chi connectivity index (χ2n) is 5.33. The van der Waals surface area contributed by atoms with Gasteiger partial charge in [-0.25, -0.2) is 4.98 Å². The fraction of sp³-hybridized carbons (Fsp3) is 0.412. The Balaban J connectivity index is 0.00000312. The van der Waals surface area contributed by atoms with Crippen LogP contribution in [-0.2, 0) is 6.54 Å². The molecular formula is C17H24ClIN4OS. The van der Waals surface area contributed by atoms with Crippen LogP contribution in [0.1, 0.15) is 21.9 Å². The van der Waals surface area contributed by atoms with Crippen LogP contribution in [0.4, 0.5) is 0 Å². The summed E-state index contributed by atoms with van der Waals surface area (Å²) in [5.74, 6) is 1.64. The minimum atomic E-state index is 0. The number of aromatic nitrogens is 1. The molecule has 8 heteroatoms. The lowest BCUT2D eigenvalue weighted by Gasteiger charge is -2.12. The van der Waals surface area contributed by atoms with Crippen LogP contribution in [0.2, 0.25) is 5.02 Å².